The van der Waals surface area contributed by atoms with E-state index in [-0.39, 0.29) is 0 Å². The van der Waals surface area contributed by atoms with E-state index in [0.717, 1.165) is 0 Å². The first-order valence-corrected chi connectivity index (χ1v) is 13.7. The summed E-state index contributed by atoms with van der Waals surface area (Å²) in [7, 11) is 16.5. The molecule has 0 aromatic rings. The van der Waals surface area contributed by atoms with E-state index in [2.05, 4.69) is 0 Å². The zero-order chi connectivity index (χ0) is 6.28. The summed E-state index contributed by atoms with van der Waals surface area (Å²) in [6.07, 6.45) is 0. The van der Waals surface area contributed by atoms with Crippen LogP contribution in [-0.4, -0.2) is 27.5 Å². The number of halogens is 3. The average molecular weight is 295 g/mol. The molecule has 1 saturated heterocycles. The predicted molar refractivity (Wildman–Crippen MR) is 36.6 cm³/mol. The second-order valence-electron chi connectivity index (χ2n) is 1.35. The van der Waals surface area contributed by atoms with Gasteiger partial charge in [0.15, 0.2) is 0 Å². The molecule has 2 nitrogen and oxygen atoms in total. The van der Waals surface area contributed by atoms with Crippen molar-refractivity contribution >= 4 is 41.2 Å². The molecule has 0 saturated carbocycles. The van der Waals surface area contributed by atoms with Crippen molar-refractivity contribution in [2.75, 3.05) is 13.2 Å². The van der Waals surface area contributed by atoms with Gasteiger partial charge in [0, 0.05) is 0 Å². The monoisotopic (exact) mass is 296 g/mol. The van der Waals surface area contributed by atoms with Gasteiger partial charge in [0.05, 0.1) is 0 Å². The van der Waals surface area contributed by atoms with Crippen molar-refractivity contribution in [3.8, 4) is 0 Å². The predicted octanol–water partition coefficient (Wildman–Crippen LogP) is 1.37. The molecule has 1 rings (SSSR count). The Labute approximate surface area is 60.3 Å². The van der Waals surface area contributed by atoms with Crippen molar-refractivity contribution in [1.82, 2.24) is 0 Å². The summed E-state index contributed by atoms with van der Waals surface area (Å²) in [5, 5.41) is 0. The van der Waals surface area contributed by atoms with Crippen LogP contribution in [0.15, 0.2) is 0 Å². The SMILES string of the molecule is Cl[TeH]1(Cl)(Cl)OCCO1. The van der Waals surface area contributed by atoms with Gasteiger partial charge in [-0.15, -0.1) is 0 Å². The van der Waals surface area contributed by atoms with Crippen molar-refractivity contribution in [3.63, 3.8) is 0 Å². The first-order chi connectivity index (χ1) is 3.47. The Bertz CT molecular complexity index is 97.6. The third kappa shape index (κ3) is 2.07. The molecule has 0 spiro atoms. The second kappa shape index (κ2) is 2.03. The molecule has 1 fully saturated rings. The van der Waals surface area contributed by atoms with Gasteiger partial charge in [-0.2, -0.15) is 0 Å². The summed E-state index contributed by atoms with van der Waals surface area (Å²) in [6, 6.07) is 0. The molecule has 1 heterocycles. The van der Waals surface area contributed by atoms with Gasteiger partial charge in [0.1, 0.15) is 0 Å². The molecule has 0 atom stereocenters. The molecule has 0 aromatic carbocycles. The zero-order valence-electron chi connectivity index (χ0n) is 3.81. The maximum absolute atomic E-state index is 5.51. The Morgan fingerprint density at radius 3 is 1.50 bits per heavy atom. The van der Waals surface area contributed by atoms with Crippen LogP contribution >= 0.6 is 26.9 Å². The fraction of sp³-hybridized carbons (Fsp3) is 1.00. The summed E-state index contributed by atoms with van der Waals surface area (Å²) in [6.45, 7) is 0.830. The molecule has 0 bridgehead atoms. The van der Waals surface area contributed by atoms with E-state index < -0.39 is 14.3 Å². The third-order valence-corrected chi connectivity index (χ3v) is 7.91. The van der Waals surface area contributed by atoms with Gasteiger partial charge in [-0.25, -0.2) is 0 Å². The summed E-state index contributed by atoms with van der Waals surface area (Å²) >= 11 is -4.28. The standard InChI is InChI=1S/C2H5Cl3O2Te/c3-8(4,5)6-1-2-7-8/h8H,1-2H2. The van der Waals surface area contributed by atoms with Crippen molar-refractivity contribution < 1.29 is 6.20 Å². The van der Waals surface area contributed by atoms with Gasteiger partial charge < -0.3 is 0 Å². The molecule has 1 aliphatic rings. The Kier molecular flexibility index (Phi) is 1.95. The van der Waals surface area contributed by atoms with E-state index in [4.69, 9.17) is 33.1 Å². The van der Waals surface area contributed by atoms with E-state index in [1.807, 2.05) is 0 Å². The van der Waals surface area contributed by atoms with Crippen molar-refractivity contribution in [1.29, 1.82) is 0 Å². The van der Waals surface area contributed by atoms with Crippen molar-refractivity contribution in [3.05, 3.63) is 0 Å². The molecule has 0 aromatic heterocycles. The van der Waals surface area contributed by atoms with Gasteiger partial charge in [-0.3, -0.25) is 0 Å². The molecule has 0 amide bonds. The average Bonchev–Trinajstić information content (AvgIpc) is 1.81. The summed E-state index contributed by atoms with van der Waals surface area (Å²) in [4.78, 5) is 0. The number of hydrogen-bond acceptors (Lipinski definition) is 2. The maximum atomic E-state index is 5.51. The van der Waals surface area contributed by atoms with Crippen molar-refractivity contribution in [2.45, 2.75) is 0 Å². The van der Waals surface area contributed by atoms with Crippen LogP contribution in [-0.2, 0) is 6.20 Å². The van der Waals surface area contributed by atoms with Crippen LogP contribution in [0.25, 0.3) is 0 Å². The van der Waals surface area contributed by atoms with E-state index >= 15 is 0 Å². The molecule has 1 aliphatic heterocycles. The third-order valence-electron chi connectivity index (χ3n) is 0.664. The Balaban J connectivity index is 2.67. The molecule has 0 radical (unpaired) electrons. The second-order valence-corrected chi connectivity index (χ2v) is 22.5. The van der Waals surface area contributed by atoms with E-state index in [0.29, 0.717) is 13.2 Å². The first-order valence-electron chi connectivity index (χ1n) is 1.95. The molecule has 52 valence electrons. The minimum atomic E-state index is -4.28. The van der Waals surface area contributed by atoms with Crippen LogP contribution in [0.4, 0.5) is 0 Å². The van der Waals surface area contributed by atoms with Crippen LogP contribution < -0.4 is 0 Å². The molecule has 0 aliphatic carbocycles. The normalized spacial score (nSPS) is 38.1. The fourth-order valence-electron chi connectivity index (χ4n) is 0.393. The van der Waals surface area contributed by atoms with Gasteiger partial charge in [0.25, 0.3) is 0 Å². The fourth-order valence-corrected chi connectivity index (χ4v) is 5.42. The van der Waals surface area contributed by atoms with Crippen LogP contribution in [0.1, 0.15) is 0 Å². The van der Waals surface area contributed by atoms with Gasteiger partial charge in [-0.05, 0) is 0 Å². The van der Waals surface area contributed by atoms with E-state index in [1.165, 1.54) is 0 Å². The van der Waals surface area contributed by atoms with E-state index in [9.17, 15) is 0 Å². The quantitative estimate of drug-likeness (QED) is 0.628. The van der Waals surface area contributed by atoms with Gasteiger partial charge >= 0.3 is 60.6 Å². The molecule has 0 N–H and O–H groups in total. The number of hydrogen-bond donors (Lipinski definition) is 0. The molecular formula is C2H5Cl3O2Te. The van der Waals surface area contributed by atoms with Gasteiger partial charge in [-0.1, -0.05) is 0 Å². The number of rotatable bonds is 0. The molecule has 8 heavy (non-hydrogen) atoms. The molecule has 0 unspecified atom stereocenters. The Morgan fingerprint density at radius 2 is 1.38 bits per heavy atom. The molecule has 6 heteroatoms. The van der Waals surface area contributed by atoms with E-state index in [1.54, 1.807) is 0 Å². The summed E-state index contributed by atoms with van der Waals surface area (Å²) in [5.74, 6) is 0. The van der Waals surface area contributed by atoms with Crippen LogP contribution in [0, 0.1) is 0 Å². The Hall–Kier alpha value is 1.58. The van der Waals surface area contributed by atoms with Crippen LogP contribution in [0.5, 0.6) is 0 Å². The van der Waals surface area contributed by atoms with Crippen LogP contribution in [0.3, 0.4) is 0 Å². The Morgan fingerprint density at radius 1 is 1.00 bits per heavy atom. The van der Waals surface area contributed by atoms with Crippen molar-refractivity contribution in [2.24, 2.45) is 0 Å². The molecular weight excluding hydrogens is 290 g/mol. The zero-order valence-corrected chi connectivity index (χ0v) is 8.63. The summed E-state index contributed by atoms with van der Waals surface area (Å²) in [5.41, 5.74) is 0. The topological polar surface area (TPSA) is 18.5 Å². The van der Waals surface area contributed by atoms with Gasteiger partial charge in [0.2, 0.25) is 0 Å². The summed E-state index contributed by atoms with van der Waals surface area (Å²) < 4.78 is 9.61. The minimum absolute atomic E-state index is 0.415. The first kappa shape index (κ1) is 7.68. The van der Waals surface area contributed by atoms with Crippen LogP contribution in [0.2, 0.25) is 0 Å².